The lowest BCUT2D eigenvalue weighted by atomic mass is 9.33. The number of hydrogen-bond acceptors (Lipinski definition) is 4. The van der Waals surface area contributed by atoms with Crippen LogP contribution in [0.3, 0.4) is 0 Å². The van der Waals surface area contributed by atoms with E-state index in [-0.39, 0.29) is 12.1 Å². The van der Waals surface area contributed by atoms with Crippen LogP contribution in [0.25, 0.3) is 22.9 Å². The van der Waals surface area contributed by atoms with Crippen molar-refractivity contribution in [3.63, 3.8) is 0 Å². The molecule has 7 aromatic carbocycles. The highest BCUT2D eigenvalue weighted by Crippen LogP contribution is 2.51. The number of anilines is 5. The second-order valence-electron chi connectivity index (χ2n) is 16.4. The van der Waals surface area contributed by atoms with Gasteiger partial charge >= 0.3 is 0 Å². The zero-order valence-electron chi connectivity index (χ0n) is 34.6. The first-order valence-electron chi connectivity index (χ1n) is 20.5. The summed E-state index contributed by atoms with van der Waals surface area (Å²) in [5.41, 5.74) is 16.0. The zero-order valence-corrected chi connectivity index (χ0v) is 34.6. The second kappa shape index (κ2) is 14.0. The molecule has 0 N–H and O–H groups in total. The molecule has 0 saturated heterocycles. The van der Waals surface area contributed by atoms with Crippen LogP contribution in [0.1, 0.15) is 47.2 Å². The van der Waals surface area contributed by atoms with Crippen LogP contribution in [0.2, 0.25) is 0 Å². The maximum atomic E-state index is 7.07. The number of benzene rings is 7. The maximum absolute atomic E-state index is 7.07. The van der Waals surface area contributed by atoms with Gasteiger partial charge in [-0.1, -0.05) is 119 Å². The van der Waals surface area contributed by atoms with Gasteiger partial charge in [0.05, 0.1) is 0 Å². The molecule has 0 atom stereocenters. The Morgan fingerprint density at radius 2 is 1.28 bits per heavy atom. The third-order valence-electron chi connectivity index (χ3n) is 12.8. The Bertz CT molecular complexity index is 3040. The highest BCUT2D eigenvalue weighted by Gasteiger charge is 2.44. The number of rotatable bonds is 8. The van der Waals surface area contributed by atoms with Crippen molar-refractivity contribution >= 4 is 74.5 Å². The minimum atomic E-state index is -0.275. The Balaban J connectivity index is 1.21. The fourth-order valence-corrected chi connectivity index (χ4v) is 9.75. The number of nitrogens with zero attached hydrogens (tertiary/aromatic N) is 2. The third kappa shape index (κ3) is 5.39. The fraction of sp³-hybridized carbons (Fsp3) is 0.0909. The first-order chi connectivity index (χ1) is 29.2. The molecule has 0 saturated carbocycles. The molecule has 290 valence electrons. The van der Waals surface area contributed by atoms with Crippen molar-refractivity contribution in [3.8, 4) is 23.0 Å². The van der Waals surface area contributed by atoms with Gasteiger partial charge in [-0.15, -0.1) is 0 Å². The summed E-state index contributed by atoms with van der Waals surface area (Å²) in [6.07, 6.45) is 9.62. The summed E-state index contributed by atoms with van der Waals surface area (Å²) in [5.74, 6) is 3.42. The summed E-state index contributed by atoms with van der Waals surface area (Å²) in [4.78, 5) is 4.63. The normalized spacial score (nSPS) is 14.0. The van der Waals surface area contributed by atoms with Crippen LogP contribution in [0.15, 0.2) is 172 Å². The molecule has 0 aromatic heterocycles. The Morgan fingerprint density at radius 3 is 2.05 bits per heavy atom. The van der Waals surface area contributed by atoms with Gasteiger partial charge in [0.2, 0.25) is 0 Å². The molecule has 4 nitrogen and oxygen atoms in total. The lowest BCUT2D eigenvalue weighted by Gasteiger charge is -2.42. The SMILES string of the molecule is C=C/C=C(\C=C)N1c2cccc3c2B(c2ccc(N(c4ccc(C)c(C)c4)c4ccc5c(c4)C(C)(C)c4ccccc4O5)cc2O3)c2c1c(C=C)c(C=C)c1ccccc21. The number of fused-ring (bicyclic) bond motifs is 8. The first kappa shape index (κ1) is 37.1. The van der Waals surface area contributed by atoms with Crippen molar-refractivity contribution in [1.29, 1.82) is 0 Å². The molecular weight excluding hydrogens is 731 g/mol. The average Bonchev–Trinajstić information content (AvgIpc) is 3.26. The third-order valence-corrected chi connectivity index (χ3v) is 12.8. The maximum Gasteiger partial charge on any atom is 0.257 e. The van der Waals surface area contributed by atoms with Crippen LogP contribution in [-0.4, -0.2) is 6.71 Å². The molecule has 0 bridgehead atoms. The lowest BCUT2D eigenvalue weighted by molar-refractivity contribution is 0.418. The van der Waals surface area contributed by atoms with Gasteiger partial charge in [0.1, 0.15) is 23.0 Å². The van der Waals surface area contributed by atoms with E-state index in [1.807, 2.05) is 36.4 Å². The number of hydrogen-bond donors (Lipinski definition) is 0. The van der Waals surface area contributed by atoms with Crippen LogP contribution in [0.5, 0.6) is 23.0 Å². The number of ether oxygens (including phenoxy) is 2. The quantitative estimate of drug-likeness (QED) is 0.113. The van der Waals surface area contributed by atoms with Gasteiger partial charge in [-0.25, -0.2) is 0 Å². The van der Waals surface area contributed by atoms with Gasteiger partial charge in [-0.05, 0) is 124 Å². The number of allylic oxidation sites excluding steroid dienone is 3. The molecule has 5 heteroatoms. The molecule has 3 aliphatic heterocycles. The van der Waals surface area contributed by atoms with Gasteiger partial charge < -0.3 is 19.3 Å². The highest BCUT2D eigenvalue weighted by molar-refractivity contribution is 7.00. The van der Waals surface area contributed by atoms with Crippen LogP contribution in [-0.2, 0) is 5.41 Å². The van der Waals surface area contributed by atoms with E-state index < -0.39 is 0 Å². The second-order valence-corrected chi connectivity index (χ2v) is 16.4. The zero-order chi connectivity index (χ0) is 41.4. The summed E-state index contributed by atoms with van der Waals surface area (Å²) in [6, 6.07) is 43.3. The Labute approximate surface area is 353 Å². The summed E-state index contributed by atoms with van der Waals surface area (Å²) in [5, 5.41) is 2.28. The Hall–Kier alpha value is -7.24. The van der Waals surface area contributed by atoms with Crippen molar-refractivity contribution in [3.05, 3.63) is 205 Å². The Morgan fingerprint density at radius 1 is 0.617 bits per heavy atom. The topological polar surface area (TPSA) is 24.9 Å². The molecule has 0 aliphatic carbocycles. The number of aryl methyl sites for hydroxylation is 2. The molecule has 0 unspecified atom stereocenters. The molecule has 60 heavy (non-hydrogen) atoms. The molecule has 0 radical (unpaired) electrons. The summed E-state index contributed by atoms with van der Waals surface area (Å²) < 4.78 is 13.6. The monoisotopic (exact) mass is 776 g/mol. The van der Waals surface area contributed by atoms with Crippen LogP contribution < -0.4 is 35.7 Å². The minimum Gasteiger partial charge on any atom is -0.458 e. The summed E-state index contributed by atoms with van der Waals surface area (Å²) >= 11 is 0. The summed E-state index contributed by atoms with van der Waals surface area (Å²) in [7, 11) is 0. The largest absolute Gasteiger partial charge is 0.458 e. The van der Waals surface area contributed by atoms with E-state index in [4.69, 9.17) is 9.47 Å². The van der Waals surface area contributed by atoms with Crippen LogP contribution >= 0.6 is 0 Å². The lowest BCUT2D eigenvalue weighted by Crippen LogP contribution is -2.60. The standard InChI is InChI=1S/C55H45BN2O2/c1-9-18-36(10-2)58-47-22-17-24-50-53(47)56(52-43-20-14-13-19-42(43)40(11-3)41(12-4)54(52)58)46-29-27-39(33-51(46)60-50)57(37-26-25-34(5)35(6)31-37)38-28-30-49-45(32-38)55(7,8)44-21-15-16-23-48(44)59-49/h9-33H,1-4H2,5-8H3/b36-18+. The van der Waals surface area contributed by atoms with Crippen molar-refractivity contribution in [2.75, 3.05) is 9.80 Å². The van der Waals surface area contributed by atoms with Crippen molar-refractivity contribution in [1.82, 2.24) is 0 Å². The molecule has 3 heterocycles. The molecule has 10 rings (SSSR count). The van der Waals surface area contributed by atoms with E-state index in [0.717, 1.165) is 95.5 Å². The van der Waals surface area contributed by atoms with Gasteiger partial charge in [-0.3, -0.25) is 0 Å². The number of para-hydroxylation sites is 1. The van der Waals surface area contributed by atoms with Gasteiger partial charge in [-0.2, -0.15) is 0 Å². The molecule has 7 aromatic rings. The van der Waals surface area contributed by atoms with Gasteiger partial charge in [0.15, 0.2) is 0 Å². The Kier molecular flexibility index (Phi) is 8.62. The smallest absolute Gasteiger partial charge is 0.257 e. The van der Waals surface area contributed by atoms with Gasteiger partial charge in [0.25, 0.3) is 6.71 Å². The molecule has 3 aliphatic rings. The van der Waals surface area contributed by atoms with E-state index in [1.165, 1.54) is 22.2 Å². The molecular formula is C55H45BN2O2. The average molecular weight is 777 g/mol. The van der Waals surface area contributed by atoms with Gasteiger partial charge in [0, 0.05) is 62.3 Å². The van der Waals surface area contributed by atoms with Crippen LogP contribution in [0, 0.1) is 13.8 Å². The van der Waals surface area contributed by atoms with E-state index in [2.05, 4.69) is 179 Å². The predicted molar refractivity (Wildman–Crippen MR) is 255 cm³/mol. The highest BCUT2D eigenvalue weighted by atomic mass is 16.5. The van der Waals surface area contributed by atoms with Crippen molar-refractivity contribution in [2.45, 2.75) is 33.1 Å². The van der Waals surface area contributed by atoms with E-state index in [9.17, 15) is 0 Å². The predicted octanol–water partition coefficient (Wildman–Crippen LogP) is 13.0. The van der Waals surface area contributed by atoms with E-state index in [1.54, 1.807) is 0 Å². The van der Waals surface area contributed by atoms with Crippen LogP contribution in [0.4, 0.5) is 28.4 Å². The van der Waals surface area contributed by atoms with E-state index >= 15 is 0 Å². The first-order valence-corrected chi connectivity index (χ1v) is 20.5. The van der Waals surface area contributed by atoms with Crippen molar-refractivity contribution < 1.29 is 9.47 Å². The summed E-state index contributed by atoms with van der Waals surface area (Å²) in [6.45, 7) is 25.7. The molecule has 0 fully saturated rings. The molecule has 0 spiro atoms. The fourth-order valence-electron chi connectivity index (χ4n) is 9.75. The van der Waals surface area contributed by atoms with E-state index in [0.29, 0.717) is 0 Å². The minimum absolute atomic E-state index is 0.144. The molecule has 0 amide bonds. The van der Waals surface area contributed by atoms with Crippen molar-refractivity contribution in [2.24, 2.45) is 0 Å².